The summed E-state index contributed by atoms with van der Waals surface area (Å²) < 4.78 is 0. The number of hydrogen-bond donors (Lipinski definition) is 1. The Morgan fingerprint density at radius 3 is 2.69 bits per heavy atom. The third kappa shape index (κ3) is 3.13. The van der Waals surface area contributed by atoms with Crippen molar-refractivity contribution in [1.29, 1.82) is 0 Å². The zero-order valence-electron chi connectivity index (χ0n) is 9.08. The summed E-state index contributed by atoms with van der Waals surface area (Å²) >= 11 is 5.75. The molecule has 1 N–H and O–H groups in total. The first-order valence-corrected chi connectivity index (χ1v) is 4.48. The van der Waals surface area contributed by atoms with E-state index in [2.05, 4.69) is 15.3 Å². The van der Waals surface area contributed by atoms with Gasteiger partial charge in [0.15, 0.2) is 0 Å². The van der Waals surface area contributed by atoms with Gasteiger partial charge in [-0.25, -0.2) is 9.97 Å². The van der Waals surface area contributed by atoms with Gasteiger partial charge in [0.05, 0.1) is 5.52 Å². The van der Waals surface area contributed by atoms with Crippen LogP contribution in [-0.4, -0.2) is 24.9 Å². The van der Waals surface area contributed by atoms with E-state index in [9.17, 15) is 0 Å². The van der Waals surface area contributed by atoms with Crippen molar-refractivity contribution in [1.82, 2.24) is 9.97 Å². The maximum Gasteiger partial charge on any atom is 0.131 e. The number of halogens is 1. The Morgan fingerprint density at radius 1 is 1.38 bits per heavy atom. The zero-order chi connectivity index (χ0) is 10.1. The Bertz CT molecular complexity index is 493. The number of pyridine rings is 2. The van der Waals surface area contributed by atoms with E-state index in [-0.39, 0.29) is 38.5 Å². The van der Waals surface area contributed by atoms with Crippen LogP contribution in [0.25, 0.3) is 10.9 Å². The SMILES string of the molecule is [B]c1cc2cnc(Cl)cc2nc1NC.[CH3-].[U]. The van der Waals surface area contributed by atoms with Crippen molar-refractivity contribution >= 4 is 41.6 Å². The second kappa shape index (κ2) is 6.49. The van der Waals surface area contributed by atoms with Crippen LogP contribution in [0, 0.1) is 38.5 Å². The molecule has 0 aliphatic rings. The van der Waals surface area contributed by atoms with Gasteiger partial charge in [0, 0.05) is 55.8 Å². The van der Waals surface area contributed by atoms with Crippen LogP contribution in [0.5, 0.6) is 0 Å². The third-order valence-corrected chi connectivity index (χ3v) is 2.14. The van der Waals surface area contributed by atoms with Crippen LogP contribution >= 0.6 is 11.6 Å². The molecule has 2 radical (unpaired) electrons. The molecule has 16 heavy (non-hydrogen) atoms. The summed E-state index contributed by atoms with van der Waals surface area (Å²) in [7, 11) is 7.52. The summed E-state index contributed by atoms with van der Waals surface area (Å²) in [6.45, 7) is 0. The molecule has 0 bridgehead atoms. The van der Waals surface area contributed by atoms with Crippen LogP contribution in [0.15, 0.2) is 18.3 Å². The average molecular weight is 457 g/mol. The van der Waals surface area contributed by atoms with Crippen molar-refractivity contribution in [3.8, 4) is 0 Å². The normalized spacial score (nSPS) is 9.12. The predicted molar refractivity (Wildman–Crippen MR) is 65.9 cm³/mol. The number of nitrogens with zero attached hydrogens (tertiary/aromatic N) is 2. The summed E-state index contributed by atoms with van der Waals surface area (Å²) in [6.07, 6.45) is 1.65. The van der Waals surface area contributed by atoms with Gasteiger partial charge in [-0.05, 0) is 0 Å². The summed E-state index contributed by atoms with van der Waals surface area (Å²) in [4.78, 5) is 8.25. The number of rotatable bonds is 1. The van der Waals surface area contributed by atoms with Crippen LogP contribution in [0.3, 0.4) is 0 Å². The summed E-state index contributed by atoms with van der Waals surface area (Å²) in [5.41, 5.74) is 1.38. The molecule has 3 nitrogen and oxygen atoms in total. The van der Waals surface area contributed by atoms with E-state index in [0.717, 1.165) is 10.9 Å². The minimum atomic E-state index is 0. The number of hydrogen-bond acceptors (Lipinski definition) is 3. The molecule has 0 aliphatic heterocycles. The molecule has 0 amide bonds. The predicted octanol–water partition coefficient (Wildman–Crippen LogP) is 1.57. The van der Waals surface area contributed by atoms with E-state index >= 15 is 0 Å². The summed E-state index contributed by atoms with van der Waals surface area (Å²) in [6, 6.07) is 3.52. The molecule has 2 aromatic heterocycles. The summed E-state index contributed by atoms with van der Waals surface area (Å²) in [5.74, 6) is 0.653. The van der Waals surface area contributed by atoms with Crippen molar-refractivity contribution in [2.24, 2.45) is 0 Å². The van der Waals surface area contributed by atoms with Gasteiger partial charge in [-0.2, -0.15) is 0 Å². The minimum absolute atomic E-state index is 0. The number of fused-ring (bicyclic) bond motifs is 1. The fourth-order valence-electron chi connectivity index (χ4n) is 1.26. The standard InChI is InChI=1S/C9H7BClN3.CH3.U/c1-12-9-6(10)2-5-4-13-8(11)3-7(5)14-9;;/h2-4H,1H3,(H,12,14);1H3;/q;-1;. The molecule has 0 aliphatic carbocycles. The van der Waals surface area contributed by atoms with E-state index < -0.39 is 0 Å². The van der Waals surface area contributed by atoms with Crippen LogP contribution in [0.1, 0.15) is 0 Å². The molecule has 0 fully saturated rings. The first-order valence-electron chi connectivity index (χ1n) is 4.10. The molecule has 2 aromatic rings. The molecule has 0 spiro atoms. The minimum Gasteiger partial charge on any atom is -0.374 e. The molecular formula is C10H10BClN3U-. The first kappa shape index (κ1) is 15.8. The Hall–Kier alpha value is -0.233. The number of aromatic nitrogens is 2. The van der Waals surface area contributed by atoms with Gasteiger partial charge in [-0.15, -0.1) is 0 Å². The van der Waals surface area contributed by atoms with Crippen molar-refractivity contribution < 1.29 is 31.1 Å². The number of nitrogens with one attached hydrogen (secondary N) is 1. The Kier molecular flexibility index (Phi) is 6.40. The molecular weight excluding hydrogens is 446 g/mol. The van der Waals surface area contributed by atoms with E-state index in [1.54, 1.807) is 19.3 Å². The maximum absolute atomic E-state index is 5.75. The monoisotopic (exact) mass is 456 g/mol. The van der Waals surface area contributed by atoms with Crippen LogP contribution in [0.4, 0.5) is 5.82 Å². The first-order chi connectivity index (χ1) is 6.70. The molecule has 6 heteroatoms. The molecule has 0 aromatic carbocycles. The smallest absolute Gasteiger partial charge is 0.131 e. The Balaban J connectivity index is 0.00000112. The quantitative estimate of drug-likeness (QED) is 0.402. The van der Waals surface area contributed by atoms with Gasteiger partial charge in [-0.1, -0.05) is 23.1 Å². The molecule has 0 atom stereocenters. The zero-order valence-corrected chi connectivity index (χ0v) is 14.0. The topological polar surface area (TPSA) is 37.8 Å². The Morgan fingerprint density at radius 2 is 2.06 bits per heavy atom. The summed E-state index contributed by atoms with van der Waals surface area (Å²) in [5, 5.41) is 4.22. The van der Waals surface area contributed by atoms with Gasteiger partial charge in [-0.3, -0.25) is 0 Å². The average Bonchev–Trinajstić information content (AvgIpc) is 2.17. The van der Waals surface area contributed by atoms with Gasteiger partial charge >= 0.3 is 0 Å². The fraction of sp³-hybridized carbons (Fsp3) is 0.100. The van der Waals surface area contributed by atoms with Crippen LogP contribution < -0.4 is 10.8 Å². The maximum atomic E-state index is 5.75. The second-order valence-electron chi connectivity index (χ2n) is 2.88. The molecule has 0 unspecified atom stereocenters. The van der Waals surface area contributed by atoms with Crippen molar-refractivity contribution in [2.75, 3.05) is 12.4 Å². The van der Waals surface area contributed by atoms with E-state index in [0.29, 0.717) is 16.4 Å². The largest absolute Gasteiger partial charge is 0.374 e. The van der Waals surface area contributed by atoms with Gasteiger partial charge in [0.2, 0.25) is 0 Å². The van der Waals surface area contributed by atoms with Crippen molar-refractivity contribution in [3.05, 3.63) is 30.9 Å². The van der Waals surface area contributed by atoms with E-state index in [4.69, 9.17) is 19.4 Å². The number of anilines is 1. The van der Waals surface area contributed by atoms with Crippen molar-refractivity contribution in [3.63, 3.8) is 0 Å². The third-order valence-electron chi connectivity index (χ3n) is 1.93. The molecule has 2 heterocycles. The van der Waals surface area contributed by atoms with Gasteiger partial charge < -0.3 is 12.7 Å². The molecule has 80 valence electrons. The molecule has 0 saturated carbocycles. The second-order valence-corrected chi connectivity index (χ2v) is 3.26. The fourth-order valence-corrected chi connectivity index (χ4v) is 1.41. The van der Waals surface area contributed by atoms with Crippen LogP contribution in [-0.2, 0) is 0 Å². The molecule has 0 saturated heterocycles. The van der Waals surface area contributed by atoms with Gasteiger partial charge in [0.25, 0.3) is 0 Å². The van der Waals surface area contributed by atoms with E-state index in [1.165, 1.54) is 0 Å². The van der Waals surface area contributed by atoms with Crippen molar-refractivity contribution in [2.45, 2.75) is 0 Å². The Labute approximate surface area is 125 Å². The van der Waals surface area contributed by atoms with Crippen LogP contribution in [0.2, 0.25) is 5.15 Å². The van der Waals surface area contributed by atoms with Gasteiger partial charge in [0.1, 0.15) is 18.8 Å². The van der Waals surface area contributed by atoms with E-state index in [1.807, 2.05) is 6.07 Å². The molecule has 2 rings (SSSR count).